The van der Waals surface area contributed by atoms with Crippen LogP contribution in [-0.2, 0) is 0 Å². The van der Waals surface area contributed by atoms with Gasteiger partial charge in [-0.1, -0.05) is 17.7 Å². The molecule has 29 heavy (non-hydrogen) atoms. The Morgan fingerprint density at radius 1 is 1.07 bits per heavy atom. The van der Waals surface area contributed by atoms with Crippen LogP contribution in [-0.4, -0.2) is 53.4 Å². The molecule has 2 aliphatic heterocycles. The van der Waals surface area contributed by atoms with Crippen LogP contribution >= 0.6 is 0 Å². The summed E-state index contributed by atoms with van der Waals surface area (Å²) in [5.41, 5.74) is 4.08. The van der Waals surface area contributed by atoms with Gasteiger partial charge in [-0.2, -0.15) is 0 Å². The number of carbonyl (C=O) groups is 1. The van der Waals surface area contributed by atoms with Gasteiger partial charge in [-0.3, -0.25) is 4.79 Å². The van der Waals surface area contributed by atoms with Crippen molar-refractivity contribution in [1.29, 1.82) is 0 Å². The number of likely N-dealkylation sites (tertiary alicyclic amines) is 1. The molecule has 1 amide bonds. The van der Waals surface area contributed by atoms with Gasteiger partial charge in [0, 0.05) is 17.7 Å². The second-order valence-corrected chi connectivity index (χ2v) is 8.03. The molecule has 2 heterocycles. The van der Waals surface area contributed by atoms with Crippen LogP contribution in [0.15, 0.2) is 30.3 Å². The molecule has 1 N–H and O–H groups in total. The number of benzene rings is 2. The highest BCUT2D eigenvalue weighted by Crippen LogP contribution is 2.45. The number of fused-ring (bicyclic) bond motifs is 3. The Balaban J connectivity index is 1.79. The lowest BCUT2D eigenvalue weighted by Gasteiger charge is -2.34. The third kappa shape index (κ3) is 3.21. The number of ether oxygens (including phenoxy) is 3. The molecule has 0 bridgehead atoms. The average Bonchev–Trinajstić information content (AvgIpc) is 3.04. The minimum atomic E-state index is -0.0265. The Morgan fingerprint density at radius 2 is 1.76 bits per heavy atom. The fourth-order valence-electron chi connectivity index (χ4n) is 4.81. The molecule has 0 aromatic heterocycles. The number of quaternary nitrogens is 1. The highest BCUT2D eigenvalue weighted by molar-refractivity contribution is 6.08. The Kier molecular flexibility index (Phi) is 5.13. The van der Waals surface area contributed by atoms with E-state index in [0.29, 0.717) is 28.7 Å². The van der Waals surface area contributed by atoms with Crippen molar-refractivity contribution in [2.45, 2.75) is 25.3 Å². The minimum absolute atomic E-state index is 0.0265. The zero-order valence-electron chi connectivity index (χ0n) is 17.7. The monoisotopic (exact) mass is 397 g/mol. The number of likely N-dealkylation sites (N-methyl/N-ethyl adjacent to an activating group) is 1. The van der Waals surface area contributed by atoms with Gasteiger partial charge in [0.2, 0.25) is 5.75 Å². The first-order valence-electron chi connectivity index (χ1n) is 10.0. The molecular formula is C23H29N2O4+. The summed E-state index contributed by atoms with van der Waals surface area (Å²) in [5.74, 6) is 1.81. The molecule has 0 aliphatic carbocycles. The van der Waals surface area contributed by atoms with E-state index in [1.165, 1.54) is 16.0 Å². The van der Waals surface area contributed by atoms with Gasteiger partial charge in [-0.15, -0.1) is 0 Å². The number of nitrogens with one attached hydrogen (secondary N) is 1. The first-order valence-corrected chi connectivity index (χ1v) is 10.0. The number of amides is 1. The number of methoxy groups -OCH3 is 3. The first kappa shape index (κ1) is 19.6. The van der Waals surface area contributed by atoms with Gasteiger partial charge >= 0.3 is 0 Å². The van der Waals surface area contributed by atoms with Crippen LogP contribution in [0.2, 0.25) is 0 Å². The van der Waals surface area contributed by atoms with Gasteiger partial charge in [-0.25, -0.2) is 0 Å². The second-order valence-electron chi connectivity index (χ2n) is 8.03. The third-order valence-electron chi connectivity index (χ3n) is 6.20. The lowest BCUT2D eigenvalue weighted by atomic mass is 9.88. The van der Waals surface area contributed by atoms with E-state index in [-0.39, 0.29) is 11.9 Å². The maximum Gasteiger partial charge on any atom is 0.258 e. The molecule has 6 heteroatoms. The van der Waals surface area contributed by atoms with Crippen LogP contribution in [0.4, 0.5) is 5.69 Å². The van der Waals surface area contributed by atoms with E-state index in [4.69, 9.17) is 14.2 Å². The number of carbonyl (C=O) groups excluding carboxylic acids is 1. The number of hydrogen-bond donors (Lipinski definition) is 1. The van der Waals surface area contributed by atoms with Gasteiger partial charge in [-0.05, 0) is 30.7 Å². The van der Waals surface area contributed by atoms with Crippen molar-refractivity contribution < 1.29 is 23.9 Å². The average molecular weight is 397 g/mol. The van der Waals surface area contributed by atoms with Crippen molar-refractivity contribution in [3.8, 4) is 17.2 Å². The molecule has 2 aromatic rings. The highest BCUT2D eigenvalue weighted by atomic mass is 16.5. The lowest BCUT2D eigenvalue weighted by molar-refractivity contribution is -0.886. The minimum Gasteiger partial charge on any atom is -0.493 e. The van der Waals surface area contributed by atoms with Crippen molar-refractivity contribution in [2.75, 3.05) is 46.4 Å². The van der Waals surface area contributed by atoms with Gasteiger partial charge in [0.25, 0.3) is 5.91 Å². The number of hydrogen-bond acceptors (Lipinski definition) is 4. The van der Waals surface area contributed by atoms with Crippen LogP contribution in [0, 0.1) is 6.92 Å². The van der Waals surface area contributed by atoms with E-state index in [1.54, 1.807) is 33.5 Å². The SMILES string of the molecule is COc1cc(C(=O)N2c3ccc(C)cc3[C@H]3C[NH+](C)CC[C@@H]32)cc(OC)c1OC. The lowest BCUT2D eigenvalue weighted by Crippen LogP contribution is -3.11. The van der Waals surface area contributed by atoms with Crippen molar-refractivity contribution in [1.82, 2.24) is 0 Å². The quantitative estimate of drug-likeness (QED) is 0.858. The summed E-state index contributed by atoms with van der Waals surface area (Å²) in [5, 5.41) is 0. The maximum absolute atomic E-state index is 13.7. The molecule has 0 spiro atoms. The molecule has 1 fully saturated rings. The topological polar surface area (TPSA) is 52.4 Å². The van der Waals surface area contributed by atoms with Crippen molar-refractivity contribution in [3.63, 3.8) is 0 Å². The fraction of sp³-hybridized carbons (Fsp3) is 0.435. The molecule has 3 atom stereocenters. The maximum atomic E-state index is 13.7. The van der Waals surface area contributed by atoms with Gasteiger partial charge in [0.05, 0.1) is 53.4 Å². The number of piperidine rings is 1. The van der Waals surface area contributed by atoms with E-state index >= 15 is 0 Å². The predicted molar refractivity (Wildman–Crippen MR) is 112 cm³/mol. The molecule has 154 valence electrons. The summed E-state index contributed by atoms with van der Waals surface area (Å²) in [4.78, 5) is 17.2. The summed E-state index contributed by atoms with van der Waals surface area (Å²) in [6.07, 6.45) is 0.987. The molecule has 1 saturated heterocycles. The Bertz CT molecular complexity index is 917. The molecule has 4 rings (SSSR count). The molecular weight excluding hydrogens is 368 g/mol. The number of rotatable bonds is 4. The summed E-state index contributed by atoms with van der Waals surface area (Å²) >= 11 is 0. The molecule has 0 saturated carbocycles. The molecule has 6 nitrogen and oxygen atoms in total. The summed E-state index contributed by atoms with van der Waals surface area (Å²) < 4.78 is 16.3. The van der Waals surface area contributed by atoms with Crippen LogP contribution in [0.5, 0.6) is 17.2 Å². The number of anilines is 1. The predicted octanol–water partition coefficient (Wildman–Crippen LogP) is 2.05. The normalized spacial score (nSPS) is 22.7. The van der Waals surface area contributed by atoms with E-state index in [1.807, 2.05) is 4.90 Å². The smallest absolute Gasteiger partial charge is 0.258 e. The van der Waals surface area contributed by atoms with Gasteiger partial charge in [0.1, 0.15) is 0 Å². The number of aryl methyl sites for hydroxylation is 1. The number of nitrogens with zero attached hydrogens (tertiary/aromatic N) is 1. The van der Waals surface area contributed by atoms with Crippen LogP contribution in [0.25, 0.3) is 0 Å². The van der Waals surface area contributed by atoms with Crippen molar-refractivity contribution in [3.05, 3.63) is 47.0 Å². The van der Waals surface area contributed by atoms with Crippen LogP contribution in [0.3, 0.4) is 0 Å². The Morgan fingerprint density at radius 3 is 2.38 bits per heavy atom. The van der Waals surface area contributed by atoms with Gasteiger partial charge in [0.15, 0.2) is 11.5 Å². The van der Waals surface area contributed by atoms with E-state index in [0.717, 1.165) is 25.2 Å². The highest BCUT2D eigenvalue weighted by Gasteiger charge is 2.46. The zero-order chi connectivity index (χ0) is 20.7. The molecule has 2 aromatic carbocycles. The third-order valence-corrected chi connectivity index (χ3v) is 6.20. The van der Waals surface area contributed by atoms with Crippen LogP contribution in [0.1, 0.15) is 33.8 Å². The van der Waals surface area contributed by atoms with E-state index < -0.39 is 0 Å². The summed E-state index contributed by atoms with van der Waals surface area (Å²) in [6.45, 7) is 4.21. The Labute approximate surface area is 172 Å². The summed E-state index contributed by atoms with van der Waals surface area (Å²) in [6, 6.07) is 10.1. The zero-order valence-corrected chi connectivity index (χ0v) is 17.7. The van der Waals surface area contributed by atoms with Gasteiger partial charge < -0.3 is 24.0 Å². The Hall–Kier alpha value is -2.73. The van der Waals surface area contributed by atoms with E-state index in [9.17, 15) is 4.79 Å². The summed E-state index contributed by atoms with van der Waals surface area (Å²) in [7, 11) is 6.92. The molecule has 1 unspecified atom stereocenters. The largest absolute Gasteiger partial charge is 0.493 e. The fourth-order valence-corrected chi connectivity index (χ4v) is 4.81. The van der Waals surface area contributed by atoms with Crippen LogP contribution < -0.4 is 24.0 Å². The van der Waals surface area contributed by atoms with Crippen molar-refractivity contribution >= 4 is 11.6 Å². The van der Waals surface area contributed by atoms with Crippen molar-refractivity contribution in [2.24, 2.45) is 0 Å². The second kappa shape index (κ2) is 7.59. The van der Waals surface area contributed by atoms with E-state index in [2.05, 4.69) is 32.2 Å². The first-order chi connectivity index (χ1) is 14.0. The standard InChI is InChI=1S/C23H28N2O4/c1-14-6-7-18-16(10-14)17-13-24(2)9-8-19(17)25(18)23(26)15-11-20(27-3)22(29-5)21(12-15)28-4/h6-7,10-12,17,19H,8-9,13H2,1-5H3/p+1/t17-,19+/m1/s1. The molecule has 2 aliphatic rings. The molecule has 0 radical (unpaired) electrons.